The molecule has 1 heterocycles. The third-order valence-electron chi connectivity index (χ3n) is 3.56. The molecule has 0 saturated carbocycles. The summed E-state index contributed by atoms with van der Waals surface area (Å²) in [5, 5.41) is 6.71. The summed E-state index contributed by atoms with van der Waals surface area (Å²) in [6, 6.07) is 18.8. The molecule has 3 rings (SSSR count). The fourth-order valence-corrected chi connectivity index (χ4v) is 2.41. The zero-order valence-corrected chi connectivity index (χ0v) is 14.2. The number of rotatable bonds is 6. The molecule has 5 nitrogen and oxygen atoms in total. The van der Waals surface area contributed by atoms with Crippen LogP contribution in [0.3, 0.4) is 0 Å². The quantitative estimate of drug-likeness (QED) is 0.707. The number of amides is 1. The van der Waals surface area contributed by atoms with Crippen molar-refractivity contribution in [1.29, 1.82) is 0 Å². The Morgan fingerprint density at radius 3 is 2.52 bits per heavy atom. The molecular formula is C19H17ClN4O. The summed E-state index contributed by atoms with van der Waals surface area (Å²) in [6.07, 6.45) is 2.10. The first-order valence-electron chi connectivity index (χ1n) is 7.87. The summed E-state index contributed by atoms with van der Waals surface area (Å²) in [5.41, 5.74) is 2.33. The number of carbonyl (C=O) groups excluding carboxylic acids is 1. The molecule has 1 amide bonds. The molecule has 0 radical (unpaired) electrons. The first kappa shape index (κ1) is 16.9. The molecule has 2 aromatic carbocycles. The molecule has 0 spiro atoms. The molecule has 0 unspecified atom stereocenters. The van der Waals surface area contributed by atoms with E-state index in [0.717, 1.165) is 17.7 Å². The number of benzene rings is 2. The molecule has 2 N–H and O–H groups in total. The third-order valence-corrected chi connectivity index (χ3v) is 3.81. The molecule has 0 bridgehead atoms. The molecule has 0 aliphatic heterocycles. The van der Waals surface area contributed by atoms with Gasteiger partial charge in [0.15, 0.2) is 0 Å². The van der Waals surface area contributed by atoms with Gasteiger partial charge < -0.3 is 10.6 Å². The van der Waals surface area contributed by atoms with Gasteiger partial charge in [0, 0.05) is 23.3 Å². The Morgan fingerprint density at radius 2 is 1.76 bits per heavy atom. The van der Waals surface area contributed by atoms with Gasteiger partial charge in [0.1, 0.15) is 17.8 Å². The van der Waals surface area contributed by atoms with Crippen molar-refractivity contribution < 1.29 is 4.79 Å². The van der Waals surface area contributed by atoms with E-state index in [9.17, 15) is 4.79 Å². The van der Waals surface area contributed by atoms with Crippen molar-refractivity contribution in [2.24, 2.45) is 0 Å². The average Bonchev–Trinajstić information content (AvgIpc) is 2.64. The van der Waals surface area contributed by atoms with Gasteiger partial charge in [0.05, 0.1) is 0 Å². The number of nitrogens with zero attached hydrogens (tertiary/aromatic N) is 2. The second-order valence-electron chi connectivity index (χ2n) is 5.41. The van der Waals surface area contributed by atoms with Crippen molar-refractivity contribution in [3.05, 3.63) is 83.3 Å². The lowest BCUT2D eigenvalue weighted by Gasteiger charge is -2.08. The zero-order valence-electron chi connectivity index (χ0n) is 13.4. The Labute approximate surface area is 151 Å². The van der Waals surface area contributed by atoms with Crippen LogP contribution in [-0.4, -0.2) is 22.4 Å². The highest BCUT2D eigenvalue weighted by atomic mass is 35.5. The van der Waals surface area contributed by atoms with Crippen molar-refractivity contribution in [1.82, 2.24) is 15.3 Å². The van der Waals surface area contributed by atoms with Gasteiger partial charge in [-0.3, -0.25) is 4.79 Å². The standard InChI is InChI=1S/C19H17ClN4O/c20-15-8-6-14(7-9-15)10-11-21-19(25)17-12-18(23-13-22-17)24-16-4-2-1-3-5-16/h1-9,12-13H,10-11H2,(H,21,25)(H,22,23,24). The molecule has 0 aliphatic rings. The average molecular weight is 353 g/mol. The molecule has 0 aliphatic carbocycles. The number of anilines is 2. The molecule has 25 heavy (non-hydrogen) atoms. The Bertz CT molecular complexity index is 838. The fraction of sp³-hybridized carbons (Fsp3) is 0.105. The number of aromatic nitrogens is 2. The van der Waals surface area contributed by atoms with Crippen molar-refractivity contribution >= 4 is 29.0 Å². The highest BCUT2D eigenvalue weighted by Gasteiger charge is 2.08. The van der Waals surface area contributed by atoms with Crippen LogP contribution < -0.4 is 10.6 Å². The van der Waals surface area contributed by atoms with E-state index >= 15 is 0 Å². The van der Waals surface area contributed by atoms with Crippen LogP contribution in [0.2, 0.25) is 5.02 Å². The van der Waals surface area contributed by atoms with E-state index in [-0.39, 0.29) is 5.91 Å². The molecule has 6 heteroatoms. The van der Waals surface area contributed by atoms with Crippen molar-refractivity contribution in [2.75, 3.05) is 11.9 Å². The second-order valence-corrected chi connectivity index (χ2v) is 5.85. The van der Waals surface area contributed by atoms with Gasteiger partial charge in [-0.2, -0.15) is 0 Å². The number of para-hydroxylation sites is 1. The largest absolute Gasteiger partial charge is 0.350 e. The summed E-state index contributed by atoms with van der Waals surface area (Å²) in [6.45, 7) is 0.520. The second kappa shape index (κ2) is 8.26. The third kappa shape index (κ3) is 5.02. The van der Waals surface area contributed by atoms with E-state index in [1.165, 1.54) is 6.33 Å². The van der Waals surface area contributed by atoms with Crippen LogP contribution in [0.4, 0.5) is 11.5 Å². The SMILES string of the molecule is O=C(NCCc1ccc(Cl)cc1)c1cc(Nc2ccccc2)ncn1. The van der Waals surface area contributed by atoms with Crippen molar-refractivity contribution in [3.63, 3.8) is 0 Å². The topological polar surface area (TPSA) is 66.9 Å². The smallest absolute Gasteiger partial charge is 0.270 e. The maximum Gasteiger partial charge on any atom is 0.270 e. The van der Waals surface area contributed by atoms with Crippen LogP contribution in [0.15, 0.2) is 67.0 Å². The maximum atomic E-state index is 12.2. The lowest BCUT2D eigenvalue weighted by molar-refractivity contribution is 0.0949. The maximum absolute atomic E-state index is 12.2. The predicted molar refractivity (Wildman–Crippen MR) is 99.2 cm³/mol. The minimum atomic E-state index is -0.229. The number of carbonyl (C=O) groups is 1. The van der Waals surface area contributed by atoms with E-state index in [1.807, 2.05) is 54.6 Å². The summed E-state index contributed by atoms with van der Waals surface area (Å²) in [5.74, 6) is 0.344. The van der Waals surface area contributed by atoms with Crippen LogP contribution in [0.5, 0.6) is 0 Å². The van der Waals surface area contributed by atoms with E-state index in [1.54, 1.807) is 6.07 Å². The Kier molecular flexibility index (Phi) is 5.59. The Balaban J connectivity index is 1.56. The van der Waals surface area contributed by atoms with E-state index < -0.39 is 0 Å². The minimum Gasteiger partial charge on any atom is -0.350 e. The van der Waals surface area contributed by atoms with Gasteiger partial charge >= 0.3 is 0 Å². The van der Waals surface area contributed by atoms with E-state index in [4.69, 9.17) is 11.6 Å². The summed E-state index contributed by atoms with van der Waals surface area (Å²) < 4.78 is 0. The zero-order chi connectivity index (χ0) is 17.5. The molecule has 0 atom stereocenters. The first-order chi connectivity index (χ1) is 12.2. The van der Waals surface area contributed by atoms with Gasteiger partial charge in [-0.1, -0.05) is 41.9 Å². The fourth-order valence-electron chi connectivity index (χ4n) is 2.28. The monoisotopic (exact) mass is 352 g/mol. The van der Waals surface area contributed by atoms with Gasteiger partial charge in [0.25, 0.3) is 5.91 Å². The van der Waals surface area contributed by atoms with Crippen molar-refractivity contribution in [2.45, 2.75) is 6.42 Å². The number of hydrogen-bond acceptors (Lipinski definition) is 4. The van der Waals surface area contributed by atoms with Gasteiger partial charge in [-0.05, 0) is 36.2 Å². The molecule has 1 aromatic heterocycles. The molecule has 0 fully saturated rings. The summed E-state index contributed by atoms with van der Waals surface area (Å²) in [4.78, 5) is 20.4. The molecular weight excluding hydrogens is 336 g/mol. The minimum absolute atomic E-state index is 0.229. The number of halogens is 1. The Hall–Kier alpha value is -2.92. The number of hydrogen-bond donors (Lipinski definition) is 2. The van der Waals surface area contributed by atoms with E-state index in [0.29, 0.717) is 23.1 Å². The molecule has 126 valence electrons. The van der Waals surface area contributed by atoms with Gasteiger partial charge in [-0.25, -0.2) is 9.97 Å². The normalized spacial score (nSPS) is 10.3. The lowest BCUT2D eigenvalue weighted by Crippen LogP contribution is -2.26. The van der Waals surface area contributed by atoms with Crippen LogP contribution in [0.1, 0.15) is 16.1 Å². The predicted octanol–water partition coefficient (Wildman–Crippen LogP) is 3.85. The highest BCUT2D eigenvalue weighted by Crippen LogP contribution is 2.14. The van der Waals surface area contributed by atoms with Gasteiger partial charge in [-0.15, -0.1) is 0 Å². The lowest BCUT2D eigenvalue weighted by atomic mass is 10.1. The molecule has 3 aromatic rings. The summed E-state index contributed by atoms with van der Waals surface area (Å²) >= 11 is 5.86. The van der Waals surface area contributed by atoms with Crippen LogP contribution in [0.25, 0.3) is 0 Å². The highest BCUT2D eigenvalue weighted by molar-refractivity contribution is 6.30. The van der Waals surface area contributed by atoms with Crippen molar-refractivity contribution in [3.8, 4) is 0 Å². The van der Waals surface area contributed by atoms with Crippen LogP contribution in [-0.2, 0) is 6.42 Å². The van der Waals surface area contributed by atoms with E-state index in [2.05, 4.69) is 20.6 Å². The van der Waals surface area contributed by atoms with Crippen LogP contribution in [0, 0.1) is 0 Å². The molecule has 0 saturated heterocycles. The van der Waals surface area contributed by atoms with Gasteiger partial charge in [0.2, 0.25) is 0 Å². The van der Waals surface area contributed by atoms with Crippen LogP contribution >= 0.6 is 11.6 Å². The Morgan fingerprint density at radius 1 is 1.00 bits per heavy atom. The first-order valence-corrected chi connectivity index (χ1v) is 8.25. The number of nitrogens with one attached hydrogen (secondary N) is 2. The summed E-state index contributed by atoms with van der Waals surface area (Å²) in [7, 11) is 0.